The Labute approximate surface area is 139 Å². The fraction of sp³-hybridized carbons (Fsp3) is 0.900. The van der Waals surface area contributed by atoms with Crippen molar-refractivity contribution in [2.45, 2.75) is 77.7 Å². The van der Waals surface area contributed by atoms with Crippen molar-refractivity contribution in [3.05, 3.63) is 0 Å². The van der Waals surface area contributed by atoms with E-state index in [0.29, 0.717) is 30.0 Å². The molecule has 1 N–H and O–H groups in total. The highest BCUT2D eigenvalue weighted by atomic mass is 16.3. The van der Waals surface area contributed by atoms with Crippen molar-refractivity contribution >= 4 is 11.6 Å². The summed E-state index contributed by atoms with van der Waals surface area (Å²) in [5, 5.41) is 10.4. The van der Waals surface area contributed by atoms with E-state index in [4.69, 9.17) is 0 Å². The fourth-order valence-corrected chi connectivity index (χ4v) is 7.11. The standard InChI is InChI=1S/C20H30O3/c1-19-11-9-16(21)18(23)15(19)7-6-12-13-4-3-5-17(22)20(13,2)10-8-14(12)19/h12-15,18,23H,3-11H2,1-2H3/t12-,13-,14-,15-,18+,19+,20+/m0/s1. The smallest absolute Gasteiger partial charge is 0.161 e. The number of aliphatic hydroxyl groups excluding tert-OH is 1. The first-order chi connectivity index (χ1) is 10.9. The van der Waals surface area contributed by atoms with Crippen LogP contribution in [0.4, 0.5) is 0 Å². The summed E-state index contributed by atoms with van der Waals surface area (Å²) in [5.74, 6) is 2.45. The van der Waals surface area contributed by atoms with Gasteiger partial charge in [-0.3, -0.25) is 9.59 Å². The van der Waals surface area contributed by atoms with Crippen molar-refractivity contribution in [3.63, 3.8) is 0 Å². The molecular formula is C20H30O3. The van der Waals surface area contributed by atoms with Gasteiger partial charge in [0.25, 0.3) is 0 Å². The Balaban J connectivity index is 1.66. The van der Waals surface area contributed by atoms with Crippen LogP contribution in [0.25, 0.3) is 0 Å². The molecule has 0 aromatic carbocycles. The maximum absolute atomic E-state index is 12.6. The van der Waals surface area contributed by atoms with Gasteiger partial charge >= 0.3 is 0 Å². The lowest BCUT2D eigenvalue weighted by Gasteiger charge is -2.61. The van der Waals surface area contributed by atoms with Crippen molar-refractivity contribution < 1.29 is 14.7 Å². The van der Waals surface area contributed by atoms with E-state index < -0.39 is 6.10 Å². The molecule has 0 amide bonds. The zero-order valence-corrected chi connectivity index (χ0v) is 14.5. The first-order valence-electron chi connectivity index (χ1n) is 9.62. The summed E-state index contributed by atoms with van der Waals surface area (Å²) in [6.07, 6.45) is 7.96. The summed E-state index contributed by atoms with van der Waals surface area (Å²) in [7, 11) is 0. The van der Waals surface area contributed by atoms with Crippen LogP contribution in [-0.2, 0) is 9.59 Å². The molecule has 0 unspecified atom stereocenters. The highest BCUT2D eigenvalue weighted by Gasteiger charge is 2.60. The third-order valence-electron chi connectivity index (χ3n) is 8.51. The van der Waals surface area contributed by atoms with E-state index >= 15 is 0 Å². The van der Waals surface area contributed by atoms with Crippen LogP contribution in [0.5, 0.6) is 0 Å². The van der Waals surface area contributed by atoms with Crippen molar-refractivity contribution in [2.75, 3.05) is 0 Å². The van der Waals surface area contributed by atoms with Crippen molar-refractivity contribution in [1.82, 2.24) is 0 Å². The molecule has 0 aliphatic heterocycles. The van der Waals surface area contributed by atoms with E-state index in [2.05, 4.69) is 13.8 Å². The molecular weight excluding hydrogens is 288 g/mol. The number of aliphatic hydroxyl groups is 1. The molecule has 0 bridgehead atoms. The number of carbonyl (C=O) groups is 2. The van der Waals surface area contributed by atoms with E-state index in [9.17, 15) is 14.7 Å². The number of rotatable bonds is 0. The molecule has 7 atom stereocenters. The second-order valence-electron chi connectivity index (χ2n) is 9.25. The van der Waals surface area contributed by atoms with Crippen molar-refractivity contribution in [1.29, 1.82) is 0 Å². The Hall–Kier alpha value is -0.700. The molecule has 4 rings (SSSR count). The average molecular weight is 318 g/mol. The molecule has 4 saturated carbocycles. The third-order valence-corrected chi connectivity index (χ3v) is 8.51. The zero-order valence-electron chi connectivity index (χ0n) is 14.5. The molecule has 3 nitrogen and oxygen atoms in total. The van der Waals surface area contributed by atoms with E-state index in [1.165, 1.54) is 6.42 Å². The van der Waals surface area contributed by atoms with Crippen LogP contribution >= 0.6 is 0 Å². The molecule has 4 aliphatic rings. The lowest BCUT2D eigenvalue weighted by atomic mass is 9.42. The first kappa shape index (κ1) is 15.8. The van der Waals surface area contributed by atoms with Crippen LogP contribution < -0.4 is 0 Å². The molecule has 0 radical (unpaired) electrons. The monoisotopic (exact) mass is 318 g/mol. The minimum Gasteiger partial charge on any atom is -0.385 e. The van der Waals surface area contributed by atoms with Crippen LogP contribution in [-0.4, -0.2) is 22.8 Å². The van der Waals surface area contributed by atoms with Crippen molar-refractivity contribution in [3.8, 4) is 0 Å². The van der Waals surface area contributed by atoms with Crippen LogP contribution in [0.2, 0.25) is 0 Å². The largest absolute Gasteiger partial charge is 0.385 e. The predicted octanol–water partition coefficient (Wildman–Crippen LogP) is 3.53. The van der Waals surface area contributed by atoms with Crippen molar-refractivity contribution in [2.24, 2.45) is 34.5 Å². The Morgan fingerprint density at radius 3 is 2.48 bits per heavy atom. The third kappa shape index (κ3) is 2.04. The maximum Gasteiger partial charge on any atom is 0.161 e. The quantitative estimate of drug-likeness (QED) is 0.743. The van der Waals surface area contributed by atoms with Crippen LogP contribution in [0.1, 0.15) is 71.6 Å². The molecule has 3 heteroatoms. The highest BCUT2D eigenvalue weighted by molar-refractivity contribution is 5.86. The van der Waals surface area contributed by atoms with E-state index in [-0.39, 0.29) is 22.5 Å². The molecule has 0 saturated heterocycles. The fourth-order valence-electron chi connectivity index (χ4n) is 7.11. The lowest BCUT2D eigenvalue weighted by Crippen LogP contribution is -2.59. The van der Waals surface area contributed by atoms with Gasteiger partial charge in [-0.25, -0.2) is 0 Å². The Bertz CT molecular complexity index is 541. The number of hydrogen-bond donors (Lipinski definition) is 1. The highest BCUT2D eigenvalue weighted by Crippen LogP contribution is 2.64. The SMILES string of the molecule is C[C@]12CCC(=O)[C@H](O)[C@@H]1CC[C@@H]1[C@@H]2CC[C@@]2(C)C(=O)CCC[C@@H]12. The number of carbonyl (C=O) groups excluding carboxylic acids is 2. The van der Waals surface area contributed by atoms with Gasteiger partial charge in [0.05, 0.1) is 0 Å². The molecule has 4 aliphatic carbocycles. The minimum absolute atomic E-state index is 0.0550. The van der Waals surface area contributed by atoms with E-state index in [1.54, 1.807) is 0 Å². The van der Waals surface area contributed by atoms with Gasteiger partial charge in [0.1, 0.15) is 11.9 Å². The summed E-state index contributed by atoms with van der Waals surface area (Å²) in [5.41, 5.74) is 0.00375. The summed E-state index contributed by atoms with van der Waals surface area (Å²) >= 11 is 0. The molecule has 0 spiro atoms. The van der Waals surface area contributed by atoms with Gasteiger partial charge in [0.2, 0.25) is 0 Å². The lowest BCUT2D eigenvalue weighted by molar-refractivity contribution is -0.170. The predicted molar refractivity (Wildman–Crippen MR) is 87.7 cm³/mol. The summed E-state index contributed by atoms with van der Waals surface area (Å²) in [6, 6.07) is 0. The van der Waals surface area contributed by atoms with E-state index in [0.717, 1.165) is 44.9 Å². The van der Waals surface area contributed by atoms with Gasteiger partial charge < -0.3 is 5.11 Å². The second-order valence-corrected chi connectivity index (χ2v) is 9.25. The molecule has 4 fully saturated rings. The second kappa shape index (κ2) is 5.15. The molecule has 0 heterocycles. The Kier molecular flexibility index (Phi) is 3.54. The topological polar surface area (TPSA) is 54.4 Å². The number of hydrogen-bond acceptors (Lipinski definition) is 3. The van der Waals surface area contributed by atoms with Crippen LogP contribution in [0.3, 0.4) is 0 Å². The number of Topliss-reactive ketones (excluding diaryl/α,β-unsaturated/α-hetero) is 2. The minimum atomic E-state index is -0.740. The van der Waals surface area contributed by atoms with Gasteiger partial charge in [-0.05, 0) is 74.0 Å². The Morgan fingerprint density at radius 1 is 0.913 bits per heavy atom. The van der Waals surface area contributed by atoms with Gasteiger partial charge in [-0.15, -0.1) is 0 Å². The van der Waals surface area contributed by atoms with Crippen LogP contribution in [0, 0.1) is 34.5 Å². The maximum atomic E-state index is 12.6. The van der Waals surface area contributed by atoms with Gasteiger partial charge in [0, 0.05) is 18.3 Å². The molecule has 128 valence electrons. The molecule has 0 aromatic heterocycles. The van der Waals surface area contributed by atoms with Crippen LogP contribution in [0.15, 0.2) is 0 Å². The van der Waals surface area contributed by atoms with Gasteiger partial charge in [-0.2, -0.15) is 0 Å². The summed E-state index contributed by atoms with van der Waals surface area (Å²) < 4.78 is 0. The molecule has 0 aromatic rings. The van der Waals surface area contributed by atoms with Gasteiger partial charge in [-0.1, -0.05) is 13.8 Å². The normalized spacial score (nSPS) is 53.3. The number of ketones is 2. The zero-order chi connectivity index (χ0) is 16.4. The summed E-state index contributed by atoms with van der Waals surface area (Å²) in [6.45, 7) is 4.56. The molecule has 23 heavy (non-hydrogen) atoms. The summed E-state index contributed by atoms with van der Waals surface area (Å²) in [4.78, 5) is 24.6. The van der Waals surface area contributed by atoms with Gasteiger partial charge in [0.15, 0.2) is 5.78 Å². The average Bonchev–Trinajstić information content (AvgIpc) is 2.52. The number of fused-ring (bicyclic) bond motifs is 5. The first-order valence-corrected chi connectivity index (χ1v) is 9.62. The Morgan fingerprint density at radius 2 is 1.70 bits per heavy atom. The van der Waals surface area contributed by atoms with E-state index in [1.807, 2.05) is 0 Å².